The van der Waals surface area contributed by atoms with Crippen molar-refractivity contribution in [3.8, 4) is 5.75 Å². The predicted molar refractivity (Wildman–Crippen MR) is 104 cm³/mol. The van der Waals surface area contributed by atoms with E-state index in [2.05, 4.69) is 5.32 Å². The van der Waals surface area contributed by atoms with Crippen LogP contribution in [-0.4, -0.2) is 58.1 Å². The summed E-state index contributed by atoms with van der Waals surface area (Å²) < 4.78 is 5.50. The van der Waals surface area contributed by atoms with Gasteiger partial charge in [0.1, 0.15) is 5.75 Å². The van der Waals surface area contributed by atoms with E-state index in [9.17, 15) is 29.4 Å². The number of carbonyl (C=O) groups is 4. The molecule has 2 aromatic carbocycles. The van der Waals surface area contributed by atoms with Gasteiger partial charge in [0.15, 0.2) is 0 Å². The van der Waals surface area contributed by atoms with Crippen molar-refractivity contribution in [3.63, 3.8) is 0 Å². The van der Waals surface area contributed by atoms with Gasteiger partial charge in [-0.1, -0.05) is 0 Å². The number of fused-ring (bicyclic) bond motifs is 1. The number of amides is 3. The van der Waals surface area contributed by atoms with Gasteiger partial charge in [0.25, 0.3) is 17.7 Å². The van der Waals surface area contributed by atoms with Crippen molar-refractivity contribution in [2.75, 3.05) is 18.5 Å². The molecule has 1 saturated heterocycles. The number of imide groups is 1. The van der Waals surface area contributed by atoms with Crippen LogP contribution in [0.2, 0.25) is 0 Å². The highest BCUT2D eigenvalue weighted by Crippen LogP contribution is 2.27. The number of carboxylic acid groups (broad SMARTS) is 1. The Morgan fingerprint density at radius 3 is 2.57 bits per heavy atom. The summed E-state index contributed by atoms with van der Waals surface area (Å²) in [6, 6.07) is 7.66. The van der Waals surface area contributed by atoms with Gasteiger partial charge in [0.2, 0.25) is 0 Å². The molecule has 2 heterocycles. The number of ether oxygens (including phenoxy) is 1. The first-order valence-corrected chi connectivity index (χ1v) is 9.34. The third-order valence-electron chi connectivity index (χ3n) is 5.12. The molecule has 2 aliphatic rings. The average molecular weight is 410 g/mol. The highest BCUT2D eigenvalue weighted by atomic mass is 16.5. The van der Waals surface area contributed by atoms with Gasteiger partial charge >= 0.3 is 5.97 Å². The van der Waals surface area contributed by atoms with Gasteiger partial charge in [0.05, 0.1) is 35.0 Å². The second kappa shape index (κ2) is 7.60. The molecule has 0 aliphatic carbocycles. The zero-order valence-electron chi connectivity index (χ0n) is 15.8. The number of hydrogen-bond acceptors (Lipinski definition) is 6. The smallest absolute Gasteiger partial charge is 0.337 e. The monoisotopic (exact) mass is 410 g/mol. The van der Waals surface area contributed by atoms with Crippen LogP contribution >= 0.6 is 0 Å². The molecule has 2 aromatic rings. The SMILES string of the molecule is O=C(Nc1ccc(O)cc1C(=O)O)c1ccc2c(c1)C(=O)N(C[C@H]1CCCO1)C2=O. The molecule has 1 atom stereocenters. The van der Waals surface area contributed by atoms with E-state index in [1.807, 2.05) is 0 Å². The van der Waals surface area contributed by atoms with Gasteiger partial charge in [-0.3, -0.25) is 19.3 Å². The number of phenols is 1. The lowest BCUT2D eigenvalue weighted by Gasteiger charge is -2.17. The Balaban J connectivity index is 1.56. The Labute approximate surface area is 170 Å². The number of rotatable bonds is 5. The summed E-state index contributed by atoms with van der Waals surface area (Å²) in [5.41, 5.74) is 0.144. The molecule has 0 unspecified atom stereocenters. The first-order chi connectivity index (χ1) is 14.3. The van der Waals surface area contributed by atoms with Crippen LogP contribution in [0.25, 0.3) is 0 Å². The summed E-state index contributed by atoms with van der Waals surface area (Å²) in [5.74, 6) is -3.14. The van der Waals surface area contributed by atoms with Crippen LogP contribution in [0.3, 0.4) is 0 Å². The number of aromatic hydroxyl groups is 1. The van der Waals surface area contributed by atoms with E-state index in [-0.39, 0.29) is 46.3 Å². The van der Waals surface area contributed by atoms with Crippen LogP contribution in [0.15, 0.2) is 36.4 Å². The van der Waals surface area contributed by atoms with Crippen LogP contribution < -0.4 is 5.32 Å². The molecule has 1 fully saturated rings. The molecule has 3 N–H and O–H groups in total. The maximum absolute atomic E-state index is 12.7. The summed E-state index contributed by atoms with van der Waals surface area (Å²) in [7, 11) is 0. The van der Waals surface area contributed by atoms with Crippen molar-refractivity contribution >= 4 is 29.4 Å². The summed E-state index contributed by atoms with van der Waals surface area (Å²) in [6.07, 6.45) is 1.48. The van der Waals surface area contributed by atoms with Crippen LogP contribution in [0.4, 0.5) is 5.69 Å². The predicted octanol–water partition coefficient (Wildman–Crippen LogP) is 2.12. The number of carbonyl (C=O) groups excluding carboxylic acids is 3. The number of nitrogens with zero attached hydrogens (tertiary/aromatic N) is 1. The number of anilines is 1. The summed E-state index contributed by atoms with van der Waals surface area (Å²) in [6.45, 7) is 0.775. The zero-order valence-corrected chi connectivity index (χ0v) is 15.8. The van der Waals surface area contributed by atoms with Crippen molar-refractivity contribution in [2.45, 2.75) is 18.9 Å². The van der Waals surface area contributed by atoms with Crippen LogP contribution in [0.1, 0.15) is 54.3 Å². The summed E-state index contributed by atoms with van der Waals surface area (Å²) in [5, 5.41) is 21.2. The van der Waals surface area contributed by atoms with Gasteiger partial charge in [-0.2, -0.15) is 0 Å². The summed E-state index contributed by atoms with van der Waals surface area (Å²) >= 11 is 0. The summed E-state index contributed by atoms with van der Waals surface area (Å²) in [4.78, 5) is 50.4. The number of benzene rings is 2. The molecule has 0 saturated carbocycles. The molecule has 0 aromatic heterocycles. The van der Waals surface area contributed by atoms with Crippen LogP contribution in [-0.2, 0) is 4.74 Å². The maximum atomic E-state index is 12.7. The molecule has 9 nitrogen and oxygen atoms in total. The van der Waals surface area contributed by atoms with E-state index in [1.165, 1.54) is 30.3 Å². The Bertz CT molecular complexity index is 1070. The number of nitrogens with one attached hydrogen (secondary N) is 1. The third-order valence-corrected chi connectivity index (χ3v) is 5.12. The fraction of sp³-hybridized carbons (Fsp3) is 0.238. The molecular weight excluding hydrogens is 392 g/mol. The minimum atomic E-state index is -1.32. The Kier molecular flexibility index (Phi) is 4.96. The highest BCUT2D eigenvalue weighted by Gasteiger charge is 2.38. The second-order valence-electron chi connectivity index (χ2n) is 7.11. The first-order valence-electron chi connectivity index (χ1n) is 9.34. The standard InChI is InChI=1S/C21H18N2O7/c24-12-4-6-17(16(9-12)21(28)29)22-18(25)11-3-5-14-15(8-11)20(27)23(19(14)26)10-13-2-1-7-30-13/h3-6,8-9,13,24H,1-2,7,10H2,(H,22,25)(H,28,29)/t13-/m1/s1. The van der Waals surface area contributed by atoms with Gasteiger partial charge in [-0.05, 0) is 49.2 Å². The van der Waals surface area contributed by atoms with Crippen molar-refractivity contribution in [3.05, 3.63) is 58.7 Å². The van der Waals surface area contributed by atoms with Crippen molar-refractivity contribution in [1.82, 2.24) is 4.90 Å². The minimum absolute atomic E-state index is 0.00629. The molecular formula is C21H18N2O7. The number of hydrogen-bond donors (Lipinski definition) is 3. The third kappa shape index (κ3) is 3.50. The largest absolute Gasteiger partial charge is 0.508 e. The molecule has 154 valence electrons. The fourth-order valence-electron chi connectivity index (χ4n) is 3.60. The molecule has 4 rings (SSSR count). The highest BCUT2D eigenvalue weighted by molar-refractivity contribution is 6.22. The topological polar surface area (TPSA) is 133 Å². The molecule has 30 heavy (non-hydrogen) atoms. The van der Waals surface area contributed by atoms with Crippen molar-refractivity contribution in [1.29, 1.82) is 0 Å². The quantitative estimate of drug-likeness (QED) is 0.508. The molecule has 0 bridgehead atoms. The maximum Gasteiger partial charge on any atom is 0.337 e. The minimum Gasteiger partial charge on any atom is -0.508 e. The zero-order chi connectivity index (χ0) is 21.4. The first kappa shape index (κ1) is 19.6. The van der Waals surface area contributed by atoms with E-state index < -0.39 is 23.7 Å². The van der Waals surface area contributed by atoms with E-state index >= 15 is 0 Å². The van der Waals surface area contributed by atoms with Crippen molar-refractivity contribution < 1.29 is 34.1 Å². The fourth-order valence-corrected chi connectivity index (χ4v) is 3.60. The molecule has 3 amide bonds. The number of carboxylic acids is 1. The van der Waals surface area contributed by atoms with Gasteiger partial charge in [0, 0.05) is 12.2 Å². The molecule has 2 aliphatic heterocycles. The lowest BCUT2D eigenvalue weighted by atomic mass is 10.0. The Morgan fingerprint density at radius 1 is 1.10 bits per heavy atom. The van der Waals surface area contributed by atoms with E-state index in [4.69, 9.17) is 4.74 Å². The van der Waals surface area contributed by atoms with Crippen LogP contribution in [0, 0.1) is 0 Å². The van der Waals surface area contributed by atoms with Crippen LogP contribution in [0.5, 0.6) is 5.75 Å². The van der Waals surface area contributed by atoms with Gasteiger partial charge in [-0.15, -0.1) is 0 Å². The van der Waals surface area contributed by atoms with E-state index in [1.54, 1.807) is 0 Å². The van der Waals surface area contributed by atoms with E-state index in [0.29, 0.717) is 6.61 Å². The molecule has 9 heteroatoms. The van der Waals surface area contributed by atoms with E-state index in [0.717, 1.165) is 23.8 Å². The molecule has 0 spiro atoms. The average Bonchev–Trinajstić information content (AvgIpc) is 3.32. The second-order valence-corrected chi connectivity index (χ2v) is 7.11. The lowest BCUT2D eigenvalue weighted by Crippen LogP contribution is -2.36. The Morgan fingerprint density at radius 2 is 1.87 bits per heavy atom. The Hall–Kier alpha value is -3.72. The lowest BCUT2D eigenvalue weighted by molar-refractivity contribution is 0.0475. The number of aromatic carboxylic acids is 1. The number of phenolic OH excluding ortho intramolecular Hbond substituents is 1. The van der Waals surface area contributed by atoms with Crippen molar-refractivity contribution in [2.24, 2.45) is 0 Å². The normalized spacial score (nSPS) is 17.9. The van der Waals surface area contributed by atoms with Gasteiger partial charge in [-0.25, -0.2) is 4.79 Å². The molecule has 0 radical (unpaired) electrons. The van der Waals surface area contributed by atoms with Gasteiger partial charge < -0.3 is 20.3 Å².